The van der Waals surface area contributed by atoms with Gasteiger partial charge in [0, 0.05) is 0 Å². The van der Waals surface area contributed by atoms with Crippen LogP contribution in [0.4, 0.5) is 0 Å². The van der Waals surface area contributed by atoms with Crippen molar-refractivity contribution < 1.29 is 39.6 Å². The van der Waals surface area contributed by atoms with E-state index < -0.39 is 23.9 Å². The lowest BCUT2D eigenvalue weighted by atomic mass is 10.0. The van der Waals surface area contributed by atoms with Crippen LogP contribution >= 0.6 is 0 Å². The summed E-state index contributed by atoms with van der Waals surface area (Å²) in [6.45, 7) is 0. The Morgan fingerprint density at radius 3 is 0.972 bits per heavy atom. The Bertz CT molecular complexity index is 1350. The van der Waals surface area contributed by atoms with E-state index in [1.54, 1.807) is 54.6 Å². The van der Waals surface area contributed by atoms with Gasteiger partial charge in [0.1, 0.15) is 0 Å². The smallest absolute Gasteiger partial charge is 0.335 e. The van der Waals surface area contributed by atoms with Crippen LogP contribution in [0.15, 0.2) is 97.1 Å². The Balaban J connectivity index is 0.000000201. The molecule has 0 aliphatic heterocycles. The number of aromatic carboxylic acids is 4. The Morgan fingerprint density at radius 2 is 0.667 bits per heavy atom. The zero-order valence-corrected chi connectivity index (χ0v) is 18.7. The fourth-order valence-corrected chi connectivity index (χ4v) is 3.25. The third-order valence-corrected chi connectivity index (χ3v) is 5.17. The lowest BCUT2D eigenvalue weighted by Crippen LogP contribution is -1.96. The van der Waals surface area contributed by atoms with E-state index in [1.807, 2.05) is 0 Å². The number of rotatable bonds is 6. The molecule has 0 spiro atoms. The van der Waals surface area contributed by atoms with Crippen molar-refractivity contribution in [1.29, 1.82) is 0 Å². The van der Waals surface area contributed by atoms with Crippen molar-refractivity contribution in [2.45, 2.75) is 0 Å². The largest absolute Gasteiger partial charge is 0.478 e. The van der Waals surface area contributed by atoms with Crippen LogP contribution in [0.1, 0.15) is 41.4 Å². The Labute approximate surface area is 205 Å². The van der Waals surface area contributed by atoms with Gasteiger partial charge in [0.2, 0.25) is 0 Å². The van der Waals surface area contributed by atoms with Crippen LogP contribution in [0.5, 0.6) is 0 Å². The van der Waals surface area contributed by atoms with Gasteiger partial charge in [-0.05, 0) is 70.8 Å². The zero-order valence-electron chi connectivity index (χ0n) is 18.7. The molecular formula is C28H20O8. The van der Waals surface area contributed by atoms with Gasteiger partial charge in [0.05, 0.1) is 22.3 Å². The minimum absolute atomic E-state index is 0.202. The first kappa shape index (κ1) is 25.4. The van der Waals surface area contributed by atoms with Crippen LogP contribution in [-0.2, 0) is 0 Å². The molecule has 0 aromatic heterocycles. The number of carboxylic acid groups (broad SMARTS) is 4. The highest BCUT2D eigenvalue weighted by Gasteiger charge is 2.07. The molecule has 4 rings (SSSR count). The normalized spacial score (nSPS) is 10.0. The van der Waals surface area contributed by atoms with Gasteiger partial charge < -0.3 is 20.4 Å². The van der Waals surface area contributed by atoms with E-state index in [4.69, 9.17) is 20.4 Å². The standard InChI is InChI=1S/2C14H10O4/c15-13(16)11-5-1-9(2-6-11)10-3-7-12(8-4-10)14(17)18;15-13(16)10-6-4-9(5-7-10)11-2-1-3-12(8-11)14(17)18/h2*1-8H,(H,15,16)(H,17,18). The second-order valence-electron chi connectivity index (χ2n) is 7.53. The van der Waals surface area contributed by atoms with Gasteiger partial charge in [-0.2, -0.15) is 0 Å². The molecule has 0 fully saturated rings. The lowest BCUT2D eigenvalue weighted by molar-refractivity contribution is 0.0686. The highest BCUT2D eigenvalue weighted by molar-refractivity contribution is 5.91. The molecule has 4 aromatic carbocycles. The molecule has 0 amide bonds. The molecule has 180 valence electrons. The fraction of sp³-hybridized carbons (Fsp3) is 0. The van der Waals surface area contributed by atoms with Gasteiger partial charge in [-0.15, -0.1) is 0 Å². The predicted octanol–water partition coefficient (Wildman–Crippen LogP) is 5.50. The number of carboxylic acids is 4. The van der Waals surface area contributed by atoms with E-state index in [2.05, 4.69) is 0 Å². The van der Waals surface area contributed by atoms with Gasteiger partial charge in [-0.25, -0.2) is 19.2 Å². The van der Waals surface area contributed by atoms with Crippen molar-refractivity contribution in [1.82, 2.24) is 0 Å². The number of benzene rings is 4. The van der Waals surface area contributed by atoms with Crippen molar-refractivity contribution in [3.8, 4) is 22.3 Å². The molecule has 36 heavy (non-hydrogen) atoms. The van der Waals surface area contributed by atoms with Crippen molar-refractivity contribution in [3.63, 3.8) is 0 Å². The summed E-state index contributed by atoms with van der Waals surface area (Å²) in [6.07, 6.45) is 0. The van der Waals surface area contributed by atoms with Crippen molar-refractivity contribution in [3.05, 3.63) is 119 Å². The minimum atomic E-state index is -0.987. The molecule has 0 aliphatic rings. The van der Waals surface area contributed by atoms with Gasteiger partial charge >= 0.3 is 23.9 Å². The molecule has 0 radical (unpaired) electrons. The van der Waals surface area contributed by atoms with Crippen molar-refractivity contribution in [2.75, 3.05) is 0 Å². The van der Waals surface area contributed by atoms with E-state index >= 15 is 0 Å². The van der Waals surface area contributed by atoms with Crippen LogP contribution in [0, 0.1) is 0 Å². The molecule has 4 N–H and O–H groups in total. The second-order valence-corrected chi connectivity index (χ2v) is 7.53. The first-order valence-corrected chi connectivity index (χ1v) is 10.5. The van der Waals surface area contributed by atoms with E-state index in [9.17, 15) is 19.2 Å². The van der Waals surface area contributed by atoms with E-state index in [-0.39, 0.29) is 22.3 Å². The van der Waals surface area contributed by atoms with Gasteiger partial charge in [0.15, 0.2) is 0 Å². The molecule has 4 aromatic rings. The third-order valence-electron chi connectivity index (χ3n) is 5.17. The molecule has 0 saturated carbocycles. The Kier molecular flexibility index (Phi) is 7.94. The summed E-state index contributed by atoms with van der Waals surface area (Å²) in [5, 5.41) is 35.2. The zero-order chi connectivity index (χ0) is 26.2. The maximum absolute atomic E-state index is 10.9. The number of hydrogen-bond donors (Lipinski definition) is 4. The number of hydrogen-bond acceptors (Lipinski definition) is 4. The molecule has 0 bridgehead atoms. The topological polar surface area (TPSA) is 149 Å². The van der Waals surface area contributed by atoms with Crippen molar-refractivity contribution in [2.24, 2.45) is 0 Å². The molecular weight excluding hydrogens is 464 g/mol. The predicted molar refractivity (Wildman–Crippen MR) is 132 cm³/mol. The Hall–Kier alpha value is -5.24. The number of carbonyl (C=O) groups is 4. The maximum Gasteiger partial charge on any atom is 0.335 e. The van der Waals surface area contributed by atoms with Crippen molar-refractivity contribution >= 4 is 23.9 Å². The summed E-state index contributed by atoms with van der Waals surface area (Å²) in [6, 6.07) is 25.6. The third kappa shape index (κ3) is 6.42. The van der Waals surface area contributed by atoms with Crippen LogP contribution in [0.3, 0.4) is 0 Å². The lowest BCUT2D eigenvalue weighted by Gasteiger charge is -2.03. The summed E-state index contributed by atoms with van der Waals surface area (Å²) in [5.41, 5.74) is 4.06. The van der Waals surface area contributed by atoms with E-state index in [1.165, 1.54) is 42.5 Å². The monoisotopic (exact) mass is 484 g/mol. The molecule has 0 aliphatic carbocycles. The summed E-state index contributed by atoms with van der Waals surface area (Å²) >= 11 is 0. The molecule has 0 atom stereocenters. The quantitative estimate of drug-likeness (QED) is 0.280. The van der Waals surface area contributed by atoms with Crippen LogP contribution in [-0.4, -0.2) is 44.3 Å². The fourth-order valence-electron chi connectivity index (χ4n) is 3.25. The molecule has 0 unspecified atom stereocenters. The second kappa shape index (κ2) is 11.3. The highest BCUT2D eigenvalue weighted by atomic mass is 16.4. The average Bonchev–Trinajstić information content (AvgIpc) is 2.89. The van der Waals surface area contributed by atoms with E-state index in [0.717, 1.165) is 22.3 Å². The highest BCUT2D eigenvalue weighted by Crippen LogP contribution is 2.22. The first-order chi connectivity index (χ1) is 17.2. The van der Waals surface area contributed by atoms with Gasteiger partial charge in [0.25, 0.3) is 0 Å². The summed E-state index contributed by atoms with van der Waals surface area (Å²) in [4.78, 5) is 43.0. The van der Waals surface area contributed by atoms with Gasteiger partial charge in [-0.1, -0.05) is 48.5 Å². The molecule has 8 heteroatoms. The van der Waals surface area contributed by atoms with Crippen LogP contribution in [0.25, 0.3) is 22.3 Å². The van der Waals surface area contributed by atoms with Crippen LogP contribution < -0.4 is 0 Å². The summed E-state index contributed by atoms with van der Waals surface area (Å²) < 4.78 is 0. The first-order valence-electron chi connectivity index (χ1n) is 10.5. The van der Waals surface area contributed by atoms with Gasteiger partial charge in [-0.3, -0.25) is 0 Å². The Morgan fingerprint density at radius 1 is 0.361 bits per heavy atom. The maximum atomic E-state index is 10.9. The molecule has 0 heterocycles. The molecule has 0 saturated heterocycles. The van der Waals surface area contributed by atoms with Crippen LogP contribution in [0.2, 0.25) is 0 Å². The summed E-state index contributed by atoms with van der Waals surface area (Å²) in [7, 11) is 0. The molecule has 8 nitrogen and oxygen atoms in total. The SMILES string of the molecule is O=C(O)c1ccc(-c2ccc(C(=O)O)cc2)cc1.O=C(O)c1ccc(-c2cccc(C(=O)O)c2)cc1. The minimum Gasteiger partial charge on any atom is -0.478 e. The average molecular weight is 484 g/mol. The summed E-state index contributed by atoms with van der Waals surface area (Å²) in [5.74, 6) is -3.91. The van der Waals surface area contributed by atoms with E-state index in [0.29, 0.717) is 0 Å².